The fraction of sp³-hybridized carbons (Fsp3) is 0.300. The molecule has 9 nitrogen and oxygen atoms in total. The lowest BCUT2D eigenvalue weighted by atomic mass is 10.1. The molecule has 0 unspecified atom stereocenters. The summed E-state index contributed by atoms with van der Waals surface area (Å²) in [7, 11) is 0. The first-order valence-corrected chi connectivity index (χ1v) is 23.9. The van der Waals surface area contributed by atoms with E-state index in [9.17, 15) is 0 Å². The second-order valence-electron chi connectivity index (χ2n) is 18.0. The van der Waals surface area contributed by atoms with Gasteiger partial charge in [0.2, 0.25) is 0 Å². The molecule has 7 aromatic carbocycles. The minimum Gasteiger partial charge on any atom is -0.489 e. The largest absolute Gasteiger partial charge is 0.489 e. The number of aryl methyl sites for hydroxylation is 8. The van der Waals surface area contributed by atoms with Gasteiger partial charge < -0.3 is 28.4 Å². The highest BCUT2D eigenvalue weighted by Crippen LogP contribution is 2.32. The predicted molar refractivity (Wildman–Crippen MR) is 276 cm³/mol. The van der Waals surface area contributed by atoms with Gasteiger partial charge in [0, 0.05) is 29.8 Å². The summed E-state index contributed by atoms with van der Waals surface area (Å²) < 4.78 is 38.8. The average molecular weight is 926 g/mol. The number of rotatable bonds is 22. The van der Waals surface area contributed by atoms with Crippen LogP contribution in [-0.2, 0) is 39.6 Å². The highest BCUT2D eigenvalue weighted by molar-refractivity contribution is 5.49. The van der Waals surface area contributed by atoms with Crippen LogP contribution in [0.25, 0.3) is 0 Å². The molecule has 358 valence electrons. The predicted octanol–water partition coefficient (Wildman–Crippen LogP) is 15.0. The summed E-state index contributed by atoms with van der Waals surface area (Å²) in [5, 5.41) is 11.2. The summed E-state index contributed by atoms with van der Waals surface area (Å²) in [5.74, 6) is 4.83. The first-order chi connectivity index (χ1) is 33.3. The van der Waals surface area contributed by atoms with Crippen molar-refractivity contribution in [3.63, 3.8) is 0 Å². The van der Waals surface area contributed by atoms with Crippen LogP contribution in [0.3, 0.4) is 0 Å². The van der Waals surface area contributed by atoms with Crippen LogP contribution in [0.4, 0.5) is 5.69 Å². The normalized spacial score (nSPS) is 11.2. The summed E-state index contributed by atoms with van der Waals surface area (Å²) in [6.45, 7) is 24.2. The highest BCUT2D eigenvalue weighted by atomic mass is 16.5. The van der Waals surface area contributed by atoms with Crippen molar-refractivity contribution in [2.45, 2.75) is 109 Å². The van der Waals surface area contributed by atoms with E-state index in [-0.39, 0.29) is 6.61 Å². The Morgan fingerprint density at radius 3 is 1.01 bits per heavy atom. The van der Waals surface area contributed by atoms with E-state index in [1.807, 2.05) is 59.6 Å². The maximum atomic E-state index is 6.71. The number of benzene rings is 7. The molecule has 0 aliphatic carbocycles. The van der Waals surface area contributed by atoms with Crippen LogP contribution in [0.5, 0.6) is 34.5 Å². The van der Waals surface area contributed by atoms with Crippen LogP contribution in [0.2, 0.25) is 0 Å². The zero-order valence-corrected chi connectivity index (χ0v) is 42.1. The van der Waals surface area contributed by atoms with Gasteiger partial charge in [-0.3, -0.25) is 5.01 Å². The Balaban J connectivity index is 1.13. The molecule has 0 saturated carbocycles. The molecular weight excluding hydrogens is 859 g/mol. The maximum Gasteiger partial charge on any atom is 0.126 e. The molecule has 7 rings (SSSR count). The van der Waals surface area contributed by atoms with Crippen molar-refractivity contribution in [3.8, 4) is 34.5 Å². The lowest BCUT2D eigenvalue weighted by Crippen LogP contribution is -2.14. The van der Waals surface area contributed by atoms with Crippen molar-refractivity contribution in [2.75, 3.05) is 13.1 Å². The fourth-order valence-corrected chi connectivity index (χ4v) is 8.15. The first kappa shape index (κ1) is 49.6. The van der Waals surface area contributed by atoms with Gasteiger partial charge in [-0.2, -0.15) is 0 Å². The zero-order valence-electron chi connectivity index (χ0n) is 42.1. The fourth-order valence-electron chi connectivity index (χ4n) is 8.15. The highest BCUT2D eigenvalue weighted by Gasteiger charge is 2.15. The van der Waals surface area contributed by atoms with Crippen LogP contribution >= 0.6 is 0 Å². The molecule has 0 aliphatic heterocycles. The quantitative estimate of drug-likeness (QED) is 0.0494. The number of hydrogen-bond donors (Lipinski definition) is 0. The minimum atomic E-state index is 0.236. The molecule has 9 heteroatoms. The Kier molecular flexibility index (Phi) is 17.0. The Bertz CT molecular complexity index is 2890. The van der Waals surface area contributed by atoms with Gasteiger partial charge in [-0.25, -0.2) is 0 Å². The number of hydrogen-bond acceptors (Lipinski definition) is 8. The van der Waals surface area contributed by atoms with E-state index in [4.69, 9.17) is 33.5 Å². The van der Waals surface area contributed by atoms with E-state index in [1.165, 1.54) is 22.3 Å². The van der Waals surface area contributed by atoms with Gasteiger partial charge in [0.1, 0.15) is 74.1 Å². The van der Waals surface area contributed by atoms with E-state index in [1.54, 1.807) is 0 Å². The van der Waals surface area contributed by atoms with Gasteiger partial charge >= 0.3 is 0 Å². The maximum absolute atomic E-state index is 6.71. The van der Waals surface area contributed by atoms with Crippen molar-refractivity contribution < 1.29 is 28.4 Å². The van der Waals surface area contributed by atoms with E-state index >= 15 is 0 Å². The summed E-state index contributed by atoms with van der Waals surface area (Å²) >= 11 is 0. The summed E-state index contributed by atoms with van der Waals surface area (Å²) in [4.78, 5) is 0. The van der Waals surface area contributed by atoms with E-state index < -0.39 is 0 Å². The van der Waals surface area contributed by atoms with Crippen LogP contribution in [-0.4, -0.2) is 18.1 Å². The van der Waals surface area contributed by atoms with Gasteiger partial charge in [0.05, 0.1) is 5.69 Å². The second-order valence-corrected chi connectivity index (χ2v) is 18.0. The van der Waals surface area contributed by atoms with E-state index in [2.05, 4.69) is 147 Å². The standard InChI is InChI=1S/C60H67N3O6/c1-11-63(12-2)62-61-54-20-17-48(36-66-59-25-18-49(34-64-55-21-13-40(3)27-44(55)7)32-52(59)38-67-57-23-15-42(5)29-46(57)9)31-51(54)37-69-60-26-19-50(35-65-56-22-14-41(4)28-45(56)8)33-53(60)39-68-58-24-16-43(6)30-47(58)10/h13-33H,11-12,34-39H2,1-10H3. The summed E-state index contributed by atoms with van der Waals surface area (Å²) in [6.07, 6.45) is 0. The molecule has 0 bridgehead atoms. The molecular formula is C60H67N3O6. The second kappa shape index (κ2) is 23.6. The molecule has 0 heterocycles. The molecule has 0 spiro atoms. The van der Waals surface area contributed by atoms with Gasteiger partial charge in [0.25, 0.3) is 0 Å². The first-order valence-electron chi connectivity index (χ1n) is 23.9. The summed E-state index contributed by atoms with van der Waals surface area (Å²) in [5.41, 5.74) is 15.5. The third kappa shape index (κ3) is 13.9. The van der Waals surface area contributed by atoms with Gasteiger partial charge in [-0.1, -0.05) is 94.2 Å². The Morgan fingerprint density at radius 2 is 0.638 bits per heavy atom. The van der Waals surface area contributed by atoms with Crippen molar-refractivity contribution in [1.29, 1.82) is 0 Å². The molecule has 69 heavy (non-hydrogen) atoms. The molecule has 0 aliphatic rings. The SMILES string of the molecule is CCN(CC)N=Nc1ccc(COc2ccc(COc3ccc(C)cc3C)cc2COc2ccc(C)cc2C)cc1COc1ccc(COc2ccc(C)cc2C)cc1COc1ccc(C)cc1C. The third-order valence-corrected chi connectivity index (χ3v) is 12.1. The van der Waals surface area contributed by atoms with Crippen LogP contribution in [0, 0.1) is 55.4 Å². The molecule has 0 fully saturated rings. The van der Waals surface area contributed by atoms with Crippen molar-refractivity contribution in [1.82, 2.24) is 5.01 Å². The van der Waals surface area contributed by atoms with E-state index in [0.717, 1.165) is 97.5 Å². The molecule has 0 atom stereocenters. The topological polar surface area (TPSA) is 83.3 Å². The van der Waals surface area contributed by atoms with Crippen LogP contribution in [0.15, 0.2) is 138 Å². The number of ether oxygens (including phenoxy) is 6. The van der Waals surface area contributed by atoms with E-state index in [0.29, 0.717) is 44.5 Å². The molecule has 0 amide bonds. The lowest BCUT2D eigenvalue weighted by molar-refractivity contribution is 0.268. The third-order valence-electron chi connectivity index (χ3n) is 12.1. The van der Waals surface area contributed by atoms with Crippen molar-refractivity contribution >= 4 is 5.69 Å². The van der Waals surface area contributed by atoms with Gasteiger partial charge in [-0.05, 0) is 169 Å². The Morgan fingerprint density at radius 1 is 0.333 bits per heavy atom. The molecule has 0 N–H and O–H groups in total. The van der Waals surface area contributed by atoms with Crippen molar-refractivity contribution in [3.05, 3.63) is 205 Å². The van der Waals surface area contributed by atoms with Gasteiger partial charge in [0.15, 0.2) is 0 Å². The van der Waals surface area contributed by atoms with Crippen molar-refractivity contribution in [2.24, 2.45) is 10.3 Å². The lowest BCUT2D eigenvalue weighted by Gasteiger charge is -2.18. The van der Waals surface area contributed by atoms with Crippen LogP contribution in [0.1, 0.15) is 91.7 Å². The monoisotopic (exact) mass is 926 g/mol. The Hall–Kier alpha value is -7.26. The van der Waals surface area contributed by atoms with Gasteiger partial charge in [-0.15, -0.1) is 5.11 Å². The molecule has 0 radical (unpaired) electrons. The minimum absolute atomic E-state index is 0.236. The Labute approximate surface area is 409 Å². The zero-order chi connectivity index (χ0) is 48.9. The summed E-state index contributed by atoms with van der Waals surface area (Å²) in [6, 6.07) is 43.4. The smallest absolute Gasteiger partial charge is 0.126 e. The molecule has 7 aromatic rings. The molecule has 0 saturated heterocycles. The number of nitrogens with zero attached hydrogens (tertiary/aromatic N) is 3. The molecule has 0 aromatic heterocycles. The average Bonchev–Trinajstić information content (AvgIpc) is 3.33. The van der Waals surface area contributed by atoms with Crippen LogP contribution < -0.4 is 28.4 Å².